The second kappa shape index (κ2) is 5.61. The van der Waals surface area contributed by atoms with Crippen LogP contribution in [0.5, 0.6) is 0 Å². The molecular weight excluding hydrogens is 160 g/mol. The standard InChI is InChI=1S/C11H24N2/c1-9(2)8-13-11-6-4-3-5-10(11)7-12/h9-11,13H,3-8,12H2,1-2H3. The molecule has 0 bridgehead atoms. The van der Waals surface area contributed by atoms with E-state index in [4.69, 9.17) is 5.73 Å². The van der Waals surface area contributed by atoms with Gasteiger partial charge in [-0.3, -0.25) is 0 Å². The van der Waals surface area contributed by atoms with Crippen molar-refractivity contribution in [2.45, 2.75) is 45.6 Å². The zero-order valence-electron chi connectivity index (χ0n) is 9.05. The number of rotatable bonds is 4. The predicted molar refractivity (Wildman–Crippen MR) is 57.6 cm³/mol. The van der Waals surface area contributed by atoms with Crippen molar-refractivity contribution in [2.75, 3.05) is 13.1 Å². The van der Waals surface area contributed by atoms with Gasteiger partial charge in [-0.05, 0) is 37.8 Å². The van der Waals surface area contributed by atoms with Crippen molar-refractivity contribution in [1.82, 2.24) is 5.32 Å². The third-order valence-electron chi connectivity index (χ3n) is 3.00. The Labute approximate surface area is 82.3 Å². The van der Waals surface area contributed by atoms with Crippen molar-refractivity contribution in [2.24, 2.45) is 17.6 Å². The van der Waals surface area contributed by atoms with Crippen molar-refractivity contribution in [3.63, 3.8) is 0 Å². The normalized spacial score (nSPS) is 29.5. The van der Waals surface area contributed by atoms with Crippen molar-refractivity contribution in [3.8, 4) is 0 Å². The lowest BCUT2D eigenvalue weighted by Crippen LogP contribution is -2.43. The Morgan fingerprint density at radius 3 is 2.62 bits per heavy atom. The molecule has 2 nitrogen and oxygen atoms in total. The van der Waals surface area contributed by atoms with Crippen LogP contribution >= 0.6 is 0 Å². The van der Waals surface area contributed by atoms with Crippen LogP contribution in [0.3, 0.4) is 0 Å². The van der Waals surface area contributed by atoms with Gasteiger partial charge in [0.25, 0.3) is 0 Å². The van der Waals surface area contributed by atoms with Gasteiger partial charge in [0, 0.05) is 6.04 Å². The number of hydrogen-bond donors (Lipinski definition) is 2. The molecule has 1 rings (SSSR count). The summed E-state index contributed by atoms with van der Waals surface area (Å²) in [6, 6.07) is 0.696. The van der Waals surface area contributed by atoms with Gasteiger partial charge in [-0.1, -0.05) is 26.7 Å². The van der Waals surface area contributed by atoms with Crippen LogP contribution in [0.4, 0.5) is 0 Å². The maximum atomic E-state index is 5.76. The highest BCUT2D eigenvalue weighted by Crippen LogP contribution is 2.23. The van der Waals surface area contributed by atoms with Crippen LogP contribution in [0.25, 0.3) is 0 Å². The lowest BCUT2D eigenvalue weighted by molar-refractivity contribution is 0.261. The fourth-order valence-corrected chi connectivity index (χ4v) is 2.15. The molecule has 1 fully saturated rings. The minimum atomic E-state index is 0.696. The highest BCUT2D eigenvalue weighted by Gasteiger charge is 2.23. The summed E-state index contributed by atoms with van der Waals surface area (Å²) in [5.74, 6) is 1.48. The Morgan fingerprint density at radius 2 is 2.00 bits per heavy atom. The van der Waals surface area contributed by atoms with Crippen LogP contribution in [-0.4, -0.2) is 19.1 Å². The van der Waals surface area contributed by atoms with Gasteiger partial charge in [0.2, 0.25) is 0 Å². The van der Waals surface area contributed by atoms with Gasteiger partial charge in [-0.2, -0.15) is 0 Å². The first kappa shape index (κ1) is 11.0. The van der Waals surface area contributed by atoms with Gasteiger partial charge >= 0.3 is 0 Å². The summed E-state index contributed by atoms with van der Waals surface area (Å²) < 4.78 is 0. The van der Waals surface area contributed by atoms with Crippen LogP contribution in [-0.2, 0) is 0 Å². The number of hydrogen-bond acceptors (Lipinski definition) is 2. The lowest BCUT2D eigenvalue weighted by atomic mass is 9.84. The molecule has 78 valence electrons. The molecule has 2 heteroatoms. The summed E-state index contributed by atoms with van der Waals surface area (Å²) in [7, 11) is 0. The third kappa shape index (κ3) is 3.65. The molecule has 13 heavy (non-hydrogen) atoms. The zero-order chi connectivity index (χ0) is 9.68. The Morgan fingerprint density at radius 1 is 1.31 bits per heavy atom. The van der Waals surface area contributed by atoms with Gasteiger partial charge in [-0.15, -0.1) is 0 Å². The van der Waals surface area contributed by atoms with Crippen LogP contribution in [0.2, 0.25) is 0 Å². The van der Waals surface area contributed by atoms with E-state index in [9.17, 15) is 0 Å². The molecule has 0 aromatic heterocycles. The first-order chi connectivity index (χ1) is 6.24. The molecule has 1 saturated carbocycles. The monoisotopic (exact) mass is 184 g/mol. The van der Waals surface area contributed by atoms with E-state index in [1.54, 1.807) is 0 Å². The first-order valence-electron chi connectivity index (χ1n) is 5.67. The summed E-state index contributed by atoms with van der Waals surface area (Å²) >= 11 is 0. The SMILES string of the molecule is CC(C)CNC1CCCCC1CN. The summed E-state index contributed by atoms with van der Waals surface area (Å²) in [6.45, 7) is 6.51. The zero-order valence-corrected chi connectivity index (χ0v) is 9.05. The van der Waals surface area contributed by atoms with Gasteiger partial charge in [0.15, 0.2) is 0 Å². The molecule has 0 amide bonds. The fourth-order valence-electron chi connectivity index (χ4n) is 2.15. The van der Waals surface area contributed by atoms with Gasteiger partial charge in [0.05, 0.1) is 0 Å². The topological polar surface area (TPSA) is 38.0 Å². The minimum absolute atomic E-state index is 0.696. The van der Waals surface area contributed by atoms with Gasteiger partial charge in [-0.25, -0.2) is 0 Å². The first-order valence-corrected chi connectivity index (χ1v) is 5.67. The Hall–Kier alpha value is -0.0800. The molecule has 0 saturated heterocycles. The molecule has 0 aromatic carbocycles. The maximum Gasteiger partial charge on any atom is 0.0107 e. The molecule has 1 aliphatic rings. The predicted octanol–water partition coefficient (Wildman–Crippen LogP) is 1.75. The highest BCUT2D eigenvalue weighted by atomic mass is 14.9. The molecule has 1 aliphatic carbocycles. The van der Waals surface area contributed by atoms with Crippen LogP contribution in [0, 0.1) is 11.8 Å². The molecule has 2 unspecified atom stereocenters. The number of nitrogens with two attached hydrogens (primary N) is 1. The molecule has 0 aliphatic heterocycles. The summed E-state index contributed by atoms with van der Waals surface area (Å²) in [5.41, 5.74) is 5.76. The van der Waals surface area contributed by atoms with Crippen LogP contribution in [0.15, 0.2) is 0 Å². The molecule has 0 spiro atoms. The van der Waals surface area contributed by atoms with Gasteiger partial charge in [0.1, 0.15) is 0 Å². The fraction of sp³-hybridized carbons (Fsp3) is 1.00. The van der Waals surface area contributed by atoms with E-state index in [2.05, 4.69) is 19.2 Å². The maximum absolute atomic E-state index is 5.76. The quantitative estimate of drug-likeness (QED) is 0.698. The average molecular weight is 184 g/mol. The Bertz CT molecular complexity index is 134. The van der Waals surface area contributed by atoms with Gasteiger partial charge < -0.3 is 11.1 Å². The number of nitrogens with one attached hydrogen (secondary N) is 1. The van der Waals surface area contributed by atoms with E-state index < -0.39 is 0 Å². The van der Waals surface area contributed by atoms with E-state index in [-0.39, 0.29) is 0 Å². The van der Waals surface area contributed by atoms with Crippen molar-refractivity contribution >= 4 is 0 Å². The van der Waals surface area contributed by atoms with Crippen LogP contribution < -0.4 is 11.1 Å². The van der Waals surface area contributed by atoms with E-state index in [1.165, 1.54) is 25.7 Å². The van der Waals surface area contributed by atoms with Crippen LogP contribution in [0.1, 0.15) is 39.5 Å². The molecule has 2 atom stereocenters. The van der Waals surface area contributed by atoms with E-state index in [0.717, 1.165) is 24.9 Å². The Kier molecular flexibility index (Phi) is 4.74. The summed E-state index contributed by atoms with van der Waals surface area (Å²) in [5, 5.41) is 3.64. The highest BCUT2D eigenvalue weighted by molar-refractivity contribution is 4.81. The smallest absolute Gasteiger partial charge is 0.0107 e. The van der Waals surface area contributed by atoms with Crippen molar-refractivity contribution in [3.05, 3.63) is 0 Å². The lowest BCUT2D eigenvalue weighted by Gasteiger charge is -2.32. The average Bonchev–Trinajstić information content (AvgIpc) is 2.15. The van der Waals surface area contributed by atoms with Crippen molar-refractivity contribution in [1.29, 1.82) is 0 Å². The largest absolute Gasteiger partial charge is 0.330 e. The van der Waals surface area contributed by atoms with E-state index >= 15 is 0 Å². The molecule has 0 aromatic rings. The van der Waals surface area contributed by atoms with E-state index in [1.807, 2.05) is 0 Å². The summed E-state index contributed by atoms with van der Waals surface area (Å²) in [4.78, 5) is 0. The molecule has 3 N–H and O–H groups in total. The van der Waals surface area contributed by atoms with Crippen molar-refractivity contribution < 1.29 is 0 Å². The molecular formula is C11H24N2. The molecule has 0 heterocycles. The second-order valence-corrected chi connectivity index (χ2v) is 4.69. The second-order valence-electron chi connectivity index (χ2n) is 4.69. The summed E-state index contributed by atoms with van der Waals surface area (Å²) in [6.07, 6.45) is 5.41. The minimum Gasteiger partial charge on any atom is -0.330 e. The third-order valence-corrected chi connectivity index (χ3v) is 3.00. The Balaban J connectivity index is 2.27. The molecule has 0 radical (unpaired) electrons. The van der Waals surface area contributed by atoms with E-state index in [0.29, 0.717) is 6.04 Å².